The van der Waals surface area contributed by atoms with Gasteiger partial charge in [-0.05, 0) is 48.4 Å². The van der Waals surface area contributed by atoms with Crippen molar-refractivity contribution in [3.8, 4) is 5.75 Å². The van der Waals surface area contributed by atoms with Crippen molar-refractivity contribution in [3.63, 3.8) is 0 Å². The van der Waals surface area contributed by atoms with Crippen molar-refractivity contribution in [3.05, 3.63) is 59.4 Å². The Morgan fingerprint density at radius 3 is 2.50 bits per heavy atom. The van der Waals surface area contributed by atoms with Gasteiger partial charge >= 0.3 is 0 Å². The highest BCUT2D eigenvalue weighted by Gasteiger charge is 2.00. The Morgan fingerprint density at radius 2 is 1.91 bits per heavy atom. The largest absolute Gasteiger partial charge is 0.497 e. The van der Waals surface area contributed by atoms with Gasteiger partial charge in [0.25, 0.3) is 0 Å². The number of nitrogens with one attached hydrogen (secondary N) is 1. The molecule has 0 amide bonds. The number of hydrogen-bond donors (Lipinski definition) is 2. The van der Waals surface area contributed by atoms with Gasteiger partial charge in [-0.2, -0.15) is 0 Å². The van der Waals surface area contributed by atoms with Crippen molar-refractivity contribution in [1.82, 2.24) is 0 Å². The van der Waals surface area contributed by atoms with Crippen molar-refractivity contribution in [1.29, 1.82) is 0 Å². The van der Waals surface area contributed by atoms with Crippen LogP contribution in [0.25, 0.3) is 0 Å². The number of aryl methyl sites for hydroxylation is 1. The fourth-order valence-electron chi connectivity index (χ4n) is 1.84. The van der Waals surface area contributed by atoms with Gasteiger partial charge in [0.05, 0.1) is 13.7 Å². The molecule has 0 saturated heterocycles. The Kier molecular flexibility index (Phi) is 7.10. The summed E-state index contributed by atoms with van der Waals surface area (Å²) in [6.45, 7) is 2.12. The maximum absolute atomic E-state index is 13.2. The zero-order chi connectivity index (χ0) is 15.2. The number of guanidine groups is 1. The van der Waals surface area contributed by atoms with Gasteiger partial charge in [-0.25, -0.2) is 9.38 Å². The maximum Gasteiger partial charge on any atom is 0.193 e. The Morgan fingerprint density at radius 1 is 1.23 bits per heavy atom. The molecule has 0 radical (unpaired) electrons. The molecule has 0 heterocycles. The van der Waals surface area contributed by atoms with Crippen LogP contribution in [0.3, 0.4) is 0 Å². The first-order valence-electron chi connectivity index (χ1n) is 6.54. The summed E-state index contributed by atoms with van der Waals surface area (Å²) in [7, 11) is 1.61. The summed E-state index contributed by atoms with van der Waals surface area (Å²) in [5.74, 6) is 0.868. The molecular formula is C16H19FIN3O. The average molecular weight is 415 g/mol. The maximum atomic E-state index is 13.2. The van der Waals surface area contributed by atoms with Gasteiger partial charge in [0.2, 0.25) is 0 Å². The van der Waals surface area contributed by atoms with Crippen molar-refractivity contribution < 1.29 is 9.13 Å². The summed E-state index contributed by atoms with van der Waals surface area (Å²) < 4.78 is 18.2. The monoisotopic (exact) mass is 415 g/mol. The van der Waals surface area contributed by atoms with E-state index in [-0.39, 0.29) is 29.8 Å². The van der Waals surface area contributed by atoms with E-state index in [1.165, 1.54) is 6.07 Å². The van der Waals surface area contributed by atoms with E-state index in [9.17, 15) is 4.39 Å². The van der Waals surface area contributed by atoms with Gasteiger partial charge < -0.3 is 15.8 Å². The summed E-state index contributed by atoms with van der Waals surface area (Å²) in [4.78, 5) is 4.23. The lowest BCUT2D eigenvalue weighted by atomic mass is 10.1. The second-order valence-electron chi connectivity index (χ2n) is 4.64. The summed E-state index contributed by atoms with van der Waals surface area (Å²) in [6.07, 6.45) is 0. The molecule has 0 aliphatic carbocycles. The number of ether oxygens (including phenoxy) is 1. The highest BCUT2D eigenvalue weighted by molar-refractivity contribution is 14.0. The molecule has 4 nitrogen and oxygen atoms in total. The van der Waals surface area contributed by atoms with Crippen LogP contribution in [0.15, 0.2) is 47.5 Å². The Hall–Kier alpha value is -1.83. The van der Waals surface area contributed by atoms with Crippen LogP contribution >= 0.6 is 24.0 Å². The molecule has 118 valence electrons. The summed E-state index contributed by atoms with van der Waals surface area (Å²) in [5, 5.41) is 2.99. The predicted molar refractivity (Wildman–Crippen MR) is 98.5 cm³/mol. The topological polar surface area (TPSA) is 59.6 Å². The van der Waals surface area contributed by atoms with Gasteiger partial charge in [0.15, 0.2) is 5.96 Å². The third kappa shape index (κ3) is 5.18. The smallest absolute Gasteiger partial charge is 0.193 e. The van der Waals surface area contributed by atoms with Crippen LogP contribution < -0.4 is 15.8 Å². The third-order valence-corrected chi connectivity index (χ3v) is 3.02. The minimum atomic E-state index is -0.216. The molecule has 2 rings (SSSR count). The Labute approximate surface area is 146 Å². The number of anilines is 1. The van der Waals surface area contributed by atoms with E-state index in [0.29, 0.717) is 18.1 Å². The summed E-state index contributed by atoms with van der Waals surface area (Å²) >= 11 is 0. The first-order chi connectivity index (χ1) is 10.1. The lowest BCUT2D eigenvalue weighted by Crippen LogP contribution is -2.22. The van der Waals surface area contributed by atoms with Crippen LogP contribution in [-0.4, -0.2) is 13.1 Å². The van der Waals surface area contributed by atoms with Crippen molar-refractivity contribution in [2.75, 3.05) is 12.4 Å². The number of halogens is 2. The van der Waals surface area contributed by atoms with E-state index in [1.807, 2.05) is 24.3 Å². The lowest BCUT2D eigenvalue weighted by molar-refractivity contribution is 0.415. The number of methoxy groups -OCH3 is 1. The number of rotatable bonds is 4. The zero-order valence-electron chi connectivity index (χ0n) is 12.5. The molecule has 3 N–H and O–H groups in total. The first kappa shape index (κ1) is 18.2. The number of nitrogens with zero attached hydrogens (tertiary/aromatic N) is 1. The SMILES string of the molecule is COc1ccc(NC(N)=NCc2ccc(F)c(C)c2)cc1.I. The lowest BCUT2D eigenvalue weighted by Gasteiger charge is -2.07. The van der Waals surface area contributed by atoms with E-state index in [2.05, 4.69) is 10.3 Å². The number of benzene rings is 2. The highest BCUT2D eigenvalue weighted by Crippen LogP contribution is 2.15. The van der Waals surface area contributed by atoms with Crippen LogP contribution in [0.2, 0.25) is 0 Å². The van der Waals surface area contributed by atoms with Crippen LogP contribution in [0, 0.1) is 12.7 Å². The van der Waals surface area contributed by atoms with Crippen molar-refractivity contribution in [2.24, 2.45) is 10.7 Å². The van der Waals surface area contributed by atoms with Gasteiger partial charge in [-0.1, -0.05) is 12.1 Å². The van der Waals surface area contributed by atoms with Crippen LogP contribution in [-0.2, 0) is 6.54 Å². The van der Waals surface area contributed by atoms with E-state index in [4.69, 9.17) is 10.5 Å². The van der Waals surface area contributed by atoms with Gasteiger partial charge in [-0.15, -0.1) is 24.0 Å². The summed E-state index contributed by atoms with van der Waals surface area (Å²) in [6, 6.07) is 12.3. The molecule has 6 heteroatoms. The third-order valence-electron chi connectivity index (χ3n) is 3.02. The molecule has 0 aliphatic heterocycles. The summed E-state index contributed by atoms with van der Waals surface area (Å²) in [5.41, 5.74) is 8.16. The first-order valence-corrected chi connectivity index (χ1v) is 6.54. The molecule has 2 aromatic rings. The molecule has 2 aromatic carbocycles. The molecule has 0 aromatic heterocycles. The van der Waals surface area contributed by atoms with Gasteiger partial charge in [-0.3, -0.25) is 0 Å². The molecule has 0 fully saturated rings. The van der Waals surface area contributed by atoms with Gasteiger partial charge in [0.1, 0.15) is 11.6 Å². The minimum absolute atomic E-state index is 0. The van der Waals surface area contributed by atoms with E-state index in [1.54, 1.807) is 26.2 Å². The van der Waals surface area contributed by atoms with E-state index in [0.717, 1.165) is 17.0 Å². The number of nitrogens with two attached hydrogens (primary N) is 1. The number of hydrogen-bond acceptors (Lipinski definition) is 2. The standard InChI is InChI=1S/C16H18FN3O.HI/c1-11-9-12(3-8-15(11)17)10-19-16(18)20-13-4-6-14(21-2)7-5-13;/h3-9H,10H2,1-2H3,(H3,18,19,20);1H. The van der Waals surface area contributed by atoms with Crippen molar-refractivity contribution in [2.45, 2.75) is 13.5 Å². The van der Waals surface area contributed by atoms with Gasteiger partial charge in [0, 0.05) is 5.69 Å². The molecule has 0 bridgehead atoms. The minimum Gasteiger partial charge on any atom is -0.497 e. The predicted octanol–water partition coefficient (Wildman–Crippen LogP) is 3.69. The molecule has 0 aliphatic rings. The Balaban J connectivity index is 0.00000242. The molecule has 22 heavy (non-hydrogen) atoms. The van der Waals surface area contributed by atoms with E-state index < -0.39 is 0 Å². The quantitative estimate of drug-likeness (QED) is 0.455. The highest BCUT2D eigenvalue weighted by atomic mass is 127. The van der Waals surface area contributed by atoms with Crippen LogP contribution in [0.5, 0.6) is 5.75 Å². The molecule has 0 atom stereocenters. The Bertz CT molecular complexity index is 644. The number of aliphatic imine (C=N–C) groups is 1. The fraction of sp³-hybridized carbons (Fsp3) is 0.188. The molecular weight excluding hydrogens is 396 g/mol. The van der Waals surface area contributed by atoms with Crippen molar-refractivity contribution >= 4 is 35.6 Å². The second kappa shape index (κ2) is 8.57. The molecule has 0 unspecified atom stereocenters. The normalized spacial score (nSPS) is 10.8. The van der Waals surface area contributed by atoms with Crippen LogP contribution in [0.1, 0.15) is 11.1 Å². The van der Waals surface area contributed by atoms with Crippen LogP contribution in [0.4, 0.5) is 10.1 Å². The zero-order valence-corrected chi connectivity index (χ0v) is 14.8. The van der Waals surface area contributed by atoms with E-state index >= 15 is 0 Å². The molecule has 0 saturated carbocycles. The molecule has 0 spiro atoms. The fourth-order valence-corrected chi connectivity index (χ4v) is 1.84. The second-order valence-corrected chi connectivity index (χ2v) is 4.64. The average Bonchev–Trinajstić information content (AvgIpc) is 2.49.